The Hall–Kier alpha value is -1.55. The van der Waals surface area contributed by atoms with Gasteiger partial charge in [-0.05, 0) is 48.9 Å². The summed E-state index contributed by atoms with van der Waals surface area (Å²) in [6, 6.07) is 3.03. The van der Waals surface area contributed by atoms with Crippen LogP contribution in [0.25, 0.3) is 0 Å². The number of pyridine rings is 2. The van der Waals surface area contributed by atoms with Crippen molar-refractivity contribution >= 4 is 11.6 Å². The van der Waals surface area contributed by atoms with E-state index in [1.807, 2.05) is 27.7 Å². The minimum absolute atomic E-state index is 0.174. The molecule has 0 fully saturated rings. The Morgan fingerprint density at radius 2 is 1.48 bits per heavy atom. The van der Waals surface area contributed by atoms with Crippen molar-refractivity contribution in [1.29, 1.82) is 0 Å². The Labute approximate surface area is 141 Å². The first-order valence-electron chi connectivity index (χ1n) is 7.93. The second-order valence-corrected chi connectivity index (χ2v) is 5.41. The molecule has 0 aliphatic carbocycles. The SMILES string of the molecule is CCc1cc(F)c(CC)nc1Cl.CCc1cnc(CC)c(F)c1. The molecule has 0 radical (unpaired) electrons. The van der Waals surface area contributed by atoms with E-state index in [1.54, 1.807) is 12.3 Å². The van der Waals surface area contributed by atoms with Gasteiger partial charge >= 0.3 is 0 Å². The first-order valence-corrected chi connectivity index (χ1v) is 8.31. The molecular weight excluding hydrogens is 318 g/mol. The van der Waals surface area contributed by atoms with Crippen LogP contribution < -0.4 is 0 Å². The molecule has 0 spiro atoms. The monoisotopic (exact) mass is 340 g/mol. The summed E-state index contributed by atoms with van der Waals surface area (Å²) in [5, 5.41) is 0.427. The van der Waals surface area contributed by atoms with E-state index in [2.05, 4.69) is 9.97 Å². The Morgan fingerprint density at radius 3 is 1.96 bits per heavy atom. The van der Waals surface area contributed by atoms with Gasteiger partial charge in [0.2, 0.25) is 0 Å². The lowest BCUT2D eigenvalue weighted by Gasteiger charge is -2.03. The van der Waals surface area contributed by atoms with E-state index in [1.165, 1.54) is 6.07 Å². The van der Waals surface area contributed by atoms with Crippen molar-refractivity contribution in [2.75, 3.05) is 0 Å². The number of aromatic nitrogens is 2. The molecule has 126 valence electrons. The van der Waals surface area contributed by atoms with Gasteiger partial charge in [0.15, 0.2) is 0 Å². The van der Waals surface area contributed by atoms with E-state index >= 15 is 0 Å². The third kappa shape index (κ3) is 5.54. The molecule has 2 nitrogen and oxygen atoms in total. The smallest absolute Gasteiger partial charge is 0.145 e. The number of rotatable bonds is 4. The summed E-state index contributed by atoms with van der Waals surface area (Å²) in [4.78, 5) is 7.94. The molecule has 0 atom stereocenters. The van der Waals surface area contributed by atoms with Gasteiger partial charge < -0.3 is 0 Å². The molecule has 2 aromatic heterocycles. The van der Waals surface area contributed by atoms with Crippen LogP contribution in [-0.2, 0) is 25.7 Å². The number of aryl methyl sites for hydroxylation is 4. The Bertz CT molecular complexity index is 615. The third-order valence-corrected chi connectivity index (χ3v) is 3.83. The molecule has 0 aliphatic rings. The number of nitrogens with zero attached hydrogens (tertiary/aromatic N) is 2. The van der Waals surface area contributed by atoms with Crippen LogP contribution in [0.1, 0.15) is 50.2 Å². The zero-order valence-corrected chi connectivity index (χ0v) is 14.8. The molecule has 5 heteroatoms. The lowest BCUT2D eigenvalue weighted by molar-refractivity contribution is 0.599. The molecule has 23 heavy (non-hydrogen) atoms. The highest BCUT2D eigenvalue weighted by Crippen LogP contribution is 2.17. The minimum Gasteiger partial charge on any atom is -0.258 e. The molecule has 0 amide bonds. The van der Waals surface area contributed by atoms with E-state index in [4.69, 9.17) is 11.6 Å². The van der Waals surface area contributed by atoms with Crippen LogP contribution in [0, 0.1) is 11.6 Å². The average molecular weight is 341 g/mol. The summed E-state index contributed by atoms with van der Waals surface area (Å²) in [6.07, 6.45) is 4.54. The predicted octanol–water partition coefficient (Wildman–Crippen LogP) is 5.34. The average Bonchev–Trinajstić information content (AvgIpc) is 2.56. The summed E-state index contributed by atoms with van der Waals surface area (Å²) >= 11 is 5.80. The Balaban J connectivity index is 0.000000231. The van der Waals surface area contributed by atoms with Crippen LogP contribution in [0.2, 0.25) is 5.15 Å². The summed E-state index contributed by atoms with van der Waals surface area (Å²) in [6.45, 7) is 7.67. The highest BCUT2D eigenvalue weighted by atomic mass is 35.5. The van der Waals surface area contributed by atoms with Gasteiger partial charge in [0.1, 0.15) is 16.8 Å². The van der Waals surface area contributed by atoms with Gasteiger partial charge in [-0.2, -0.15) is 0 Å². The zero-order valence-electron chi connectivity index (χ0n) is 14.1. The van der Waals surface area contributed by atoms with Crippen molar-refractivity contribution < 1.29 is 8.78 Å². The van der Waals surface area contributed by atoms with Crippen LogP contribution in [0.4, 0.5) is 8.78 Å². The molecule has 0 N–H and O–H groups in total. The summed E-state index contributed by atoms with van der Waals surface area (Å²) in [5.74, 6) is -0.425. The highest BCUT2D eigenvalue weighted by Gasteiger charge is 2.07. The van der Waals surface area contributed by atoms with E-state index in [9.17, 15) is 8.78 Å². The summed E-state index contributed by atoms with van der Waals surface area (Å²) < 4.78 is 26.1. The molecule has 2 heterocycles. The van der Waals surface area contributed by atoms with Crippen molar-refractivity contribution in [3.8, 4) is 0 Å². The lowest BCUT2D eigenvalue weighted by atomic mass is 10.2. The second kappa shape index (κ2) is 9.56. The van der Waals surface area contributed by atoms with Gasteiger partial charge in [0.25, 0.3) is 0 Å². The number of halogens is 3. The highest BCUT2D eigenvalue weighted by molar-refractivity contribution is 6.30. The largest absolute Gasteiger partial charge is 0.258 e. The Kier molecular flexibility index (Phi) is 8.10. The van der Waals surface area contributed by atoms with Crippen LogP contribution in [0.5, 0.6) is 0 Å². The normalized spacial score (nSPS) is 10.2. The first kappa shape index (κ1) is 19.5. The van der Waals surface area contributed by atoms with Gasteiger partial charge in [-0.1, -0.05) is 39.3 Å². The number of hydrogen-bond acceptors (Lipinski definition) is 2. The summed E-state index contributed by atoms with van der Waals surface area (Å²) in [5.41, 5.74) is 2.73. The van der Waals surface area contributed by atoms with Crippen LogP contribution in [0.3, 0.4) is 0 Å². The molecule has 2 rings (SSSR count). The minimum atomic E-state index is -0.251. The molecule has 0 bridgehead atoms. The van der Waals surface area contributed by atoms with Crippen molar-refractivity contribution in [2.45, 2.75) is 53.4 Å². The molecule has 0 saturated carbocycles. The fourth-order valence-corrected chi connectivity index (χ4v) is 2.28. The fraction of sp³-hybridized carbons (Fsp3) is 0.444. The van der Waals surface area contributed by atoms with Gasteiger partial charge in [0, 0.05) is 6.20 Å². The zero-order chi connectivity index (χ0) is 17.4. The van der Waals surface area contributed by atoms with Crippen LogP contribution in [-0.4, -0.2) is 9.97 Å². The van der Waals surface area contributed by atoms with E-state index in [0.717, 1.165) is 17.5 Å². The van der Waals surface area contributed by atoms with Gasteiger partial charge in [-0.15, -0.1) is 0 Å². The number of hydrogen-bond donors (Lipinski definition) is 0. The van der Waals surface area contributed by atoms with Gasteiger partial charge in [-0.25, -0.2) is 13.8 Å². The molecule has 2 aromatic rings. The maximum absolute atomic E-state index is 13.1. The quantitative estimate of drug-likeness (QED) is 0.702. The Morgan fingerprint density at radius 1 is 0.870 bits per heavy atom. The third-order valence-electron chi connectivity index (χ3n) is 3.51. The fourth-order valence-electron chi connectivity index (χ4n) is 1.99. The molecular formula is C18H23ClF2N2. The van der Waals surface area contributed by atoms with Gasteiger partial charge in [-0.3, -0.25) is 4.98 Å². The van der Waals surface area contributed by atoms with Gasteiger partial charge in [0.05, 0.1) is 11.4 Å². The standard InChI is InChI=1S/C9H11ClFN.C9H12FN/c1-3-6-5-7(11)8(4-2)12-9(6)10;1-3-7-5-8(10)9(4-2)11-6-7/h5H,3-4H2,1-2H3;5-6H,3-4H2,1-2H3. The lowest BCUT2D eigenvalue weighted by Crippen LogP contribution is -1.97. The maximum atomic E-state index is 13.1. The predicted molar refractivity (Wildman–Crippen MR) is 90.9 cm³/mol. The molecule has 0 aliphatic heterocycles. The topological polar surface area (TPSA) is 25.8 Å². The summed E-state index contributed by atoms with van der Waals surface area (Å²) in [7, 11) is 0. The van der Waals surface area contributed by atoms with E-state index in [-0.39, 0.29) is 11.6 Å². The van der Waals surface area contributed by atoms with Crippen LogP contribution >= 0.6 is 11.6 Å². The van der Waals surface area contributed by atoms with Crippen molar-refractivity contribution in [3.05, 3.63) is 57.6 Å². The van der Waals surface area contributed by atoms with Crippen molar-refractivity contribution in [3.63, 3.8) is 0 Å². The van der Waals surface area contributed by atoms with E-state index in [0.29, 0.717) is 35.8 Å². The molecule has 0 aromatic carbocycles. The maximum Gasteiger partial charge on any atom is 0.145 e. The van der Waals surface area contributed by atoms with Crippen molar-refractivity contribution in [1.82, 2.24) is 9.97 Å². The van der Waals surface area contributed by atoms with Crippen molar-refractivity contribution in [2.24, 2.45) is 0 Å². The first-order chi connectivity index (χ1) is 11.0. The van der Waals surface area contributed by atoms with E-state index < -0.39 is 0 Å². The van der Waals surface area contributed by atoms with Crippen LogP contribution in [0.15, 0.2) is 18.3 Å². The molecule has 0 saturated heterocycles. The second-order valence-electron chi connectivity index (χ2n) is 5.05. The molecule has 0 unspecified atom stereocenters.